The average molecular weight is 182 g/mol. The van der Waals surface area contributed by atoms with Crippen molar-refractivity contribution in [3.05, 3.63) is 12.7 Å². The molecule has 0 radical (unpaired) electrons. The largest absolute Gasteiger partial charge is 0.336 e. The summed E-state index contributed by atoms with van der Waals surface area (Å²) in [6.07, 6.45) is 2.46. The topological polar surface area (TPSA) is 32.3 Å². The summed E-state index contributed by atoms with van der Waals surface area (Å²) in [5, 5.41) is 3.12. The van der Waals surface area contributed by atoms with Crippen LogP contribution >= 0.6 is 0 Å². The van der Waals surface area contributed by atoms with Gasteiger partial charge >= 0.3 is 0 Å². The second-order valence-electron chi connectivity index (χ2n) is 3.60. The Morgan fingerprint density at radius 3 is 3.00 bits per heavy atom. The molecule has 0 saturated carbocycles. The molecule has 1 saturated heterocycles. The quantitative estimate of drug-likeness (QED) is 0.647. The summed E-state index contributed by atoms with van der Waals surface area (Å²) >= 11 is 0. The molecular formula is C10H18N2O. The van der Waals surface area contributed by atoms with Crippen LogP contribution in [-0.2, 0) is 4.79 Å². The summed E-state index contributed by atoms with van der Waals surface area (Å²) in [4.78, 5) is 13.4. The van der Waals surface area contributed by atoms with Gasteiger partial charge in [-0.15, -0.1) is 6.58 Å². The van der Waals surface area contributed by atoms with Gasteiger partial charge in [-0.05, 0) is 14.0 Å². The van der Waals surface area contributed by atoms with E-state index >= 15 is 0 Å². The number of carbonyl (C=O) groups excluding carboxylic acids is 1. The van der Waals surface area contributed by atoms with Crippen LogP contribution in [0.1, 0.15) is 13.3 Å². The van der Waals surface area contributed by atoms with Gasteiger partial charge in [0.05, 0.1) is 0 Å². The van der Waals surface area contributed by atoms with E-state index in [2.05, 4.69) is 18.8 Å². The van der Waals surface area contributed by atoms with Crippen molar-refractivity contribution in [2.75, 3.05) is 20.1 Å². The molecule has 2 unspecified atom stereocenters. The Morgan fingerprint density at radius 2 is 2.46 bits per heavy atom. The SMILES string of the molecule is C=CCN1C(=O)CC(CNC)C1C. The lowest BCUT2D eigenvalue weighted by molar-refractivity contribution is -0.128. The number of likely N-dealkylation sites (tertiary alicyclic amines) is 1. The van der Waals surface area contributed by atoms with Crippen LogP contribution in [0, 0.1) is 5.92 Å². The normalized spacial score (nSPS) is 28.2. The third-order valence-electron chi connectivity index (χ3n) is 2.72. The maximum atomic E-state index is 11.5. The lowest BCUT2D eigenvalue weighted by atomic mass is 10.0. The van der Waals surface area contributed by atoms with Gasteiger partial charge in [0, 0.05) is 31.5 Å². The van der Waals surface area contributed by atoms with E-state index in [1.54, 1.807) is 6.08 Å². The molecule has 3 nitrogen and oxygen atoms in total. The number of amides is 1. The third kappa shape index (κ3) is 2.10. The second kappa shape index (κ2) is 4.42. The molecule has 0 aliphatic carbocycles. The first-order valence-electron chi connectivity index (χ1n) is 4.75. The van der Waals surface area contributed by atoms with E-state index in [4.69, 9.17) is 0 Å². The maximum absolute atomic E-state index is 11.5. The van der Waals surface area contributed by atoms with E-state index in [-0.39, 0.29) is 5.91 Å². The molecule has 1 heterocycles. The second-order valence-corrected chi connectivity index (χ2v) is 3.60. The Balaban J connectivity index is 2.57. The Morgan fingerprint density at radius 1 is 1.77 bits per heavy atom. The number of hydrogen-bond acceptors (Lipinski definition) is 2. The van der Waals surface area contributed by atoms with E-state index in [9.17, 15) is 4.79 Å². The predicted molar refractivity (Wildman–Crippen MR) is 53.4 cm³/mol. The van der Waals surface area contributed by atoms with E-state index in [1.165, 1.54) is 0 Å². The summed E-state index contributed by atoms with van der Waals surface area (Å²) in [7, 11) is 1.92. The molecule has 0 aromatic heterocycles. The molecule has 1 amide bonds. The van der Waals surface area contributed by atoms with Gasteiger partial charge in [0.2, 0.25) is 5.91 Å². The lowest BCUT2D eigenvalue weighted by Gasteiger charge is -2.23. The highest BCUT2D eigenvalue weighted by Gasteiger charge is 2.35. The van der Waals surface area contributed by atoms with Gasteiger partial charge in [0.25, 0.3) is 0 Å². The number of hydrogen-bond donors (Lipinski definition) is 1. The molecule has 0 bridgehead atoms. The van der Waals surface area contributed by atoms with Crippen molar-refractivity contribution in [1.82, 2.24) is 10.2 Å². The van der Waals surface area contributed by atoms with Crippen LogP contribution < -0.4 is 5.32 Å². The highest BCUT2D eigenvalue weighted by Crippen LogP contribution is 2.24. The summed E-state index contributed by atoms with van der Waals surface area (Å²) in [6, 6.07) is 0.345. The first kappa shape index (κ1) is 10.3. The molecule has 1 aliphatic rings. The first-order chi connectivity index (χ1) is 6.20. The number of nitrogens with zero attached hydrogens (tertiary/aromatic N) is 1. The minimum Gasteiger partial charge on any atom is -0.336 e. The molecule has 1 N–H and O–H groups in total. The fourth-order valence-electron chi connectivity index (χ4n) is 1.91. The van der Waals surface area contributed by atoms with Crippen molar-refractivity contribution in [1.29, 1.82) is 0 Å². The highest BCUT2D eigenvalue weighted by molar-refractivity contribution is 5.79. The van der Waals surface area contributed by atoms with Crippen molar-refractivity contribution in [3.8, 4) is 0 Å². The van der Waals surface area contributed by atoms with Gasteiger partial charge in [-0.1, -0.05) is 6.08 Å². The van der Waals surface area contributed by atoms with E-state index in [0.717, 1.165) is 6.54 Å². The van der Waals surface area contributed by atoms with E-state index in [1.807, 2.05) is 11.9 Å². The first-order valence-corrected chi connectivity index (χ1v) is 4.75. The van der Waals surface area contributed by atoms with Crippen LogP contribution in [-0.4, -0.2) is 37.0 Å². The van der Waals surface area contributed by atoms with Crippen LogP contribution in [0.15, 0.2) is 12.7 Å². The van der Waals surface area contributed by atoms with Crippen LogP contribution in [0.3, 0.4) is 0 Å². The molecule has 0 spiro atoms. The molecule has 0 aromatic carbocycles. The molecule has 3 heteroatoms. The van der Waals surface area contributed by atoms with Gasteiger partial charge in [-0.2, -0.15) is 0 Å². The van der Waals surface area contributed by atoms with Crippen LogP contribution in [0.25, 0.3) is 0 Å². The van der Waals surface area contributed by atoms with Gasteiger partial charge in [-0.25, -0.2) is 0 Å². The van der Waals surface area contributed by atoms with Crippen LogP contribution in [0.4, 0.5) is 0 Å². The Kier molecular flexibility index (Phi) is 3.48. The molecular weight excluding hydrogens is 164 g/mol. The predicted octanol–water partition coefficient (Wildman–Crippen LogP) is 0.629. The van der Waals surface area contributed by atoms with Gasteiger partial charge in [-0.3, -0.25) is 4.79 Å². The molecule has 0 aromatic rings. The number of carbonyl (C=O) groups is 1. The minimum atomic E-state index is 0.257. The Hall–Kier alpha value is -0.830. The maximum Gasteiger partial charge on any atom is 0.223 e. The molecule has 74 valence electrons. The van der Waals surface area contributed by atoms with Gasteiger partial charge in [0.1, 0.15) is 0 Å². The zero-order valence-corrected chi connectivity index (χ0v) is 8.42. The molecule has 13 heavy (non-hydrogen) atoms. The fraction of sp³-hybridized carbons (Fsp3) is 0.700. The summed E-state index contributed by atoms with van der Waals surface area (Å²) in [5.41, 5.74) is 0. The molecule has 1 rings (SSSR count). The van der Waals surface area contributed by atoms with E-state index < -0.39 is 0 Å². The van der Waals surface area contributed by atoms with Crippen LogP contribution in [0.2, 0.25) is 0 Å². The summed E-state index contributed by atoms with van der Waals surface area (Å²) in [6.45, 7) is 7.36. The van der Waals surface area contributed by atoms with Crippen LogP contribution in [0.5, 0.6) is 0 Å². The Labute approximate surface area is 79.8 Å². The highest BCUT2D eigenvalue weighted by atomic mass is 16.2. The fourth-order valence-corrected chi connectivity index (χ4v) is 1.91. The molecule has 2 atom stereocenters. The number of nitrogens with one attached hydrogen (secondary N) is 1. The van der Waals surface area contributed by atoms with E-state index in [0.29, 0.717) is 24.9 Å². The third-order valence-corrected chi connectivity index (χ3v) is 2.72. The van der Waals surface area contributed by atoms with Crippen molar-refractivity contribution in [3.63, 3.8) is 0 Å². The van der Waals surface area contributed by atoms with Crippen molar-refractivity contribution < 1.29 is 4.79 Å². The number of rotatable bonds is 4. The van der Waals surface area contributed by atoms with Gasteiger partial charge in [0.15, 0.2) is 0 Å². The zero-order valence-electron chi connectivity index (χ0n) is 8.42. The zero-order chi connectivity index (χ0) is 9.84. The van der Waals surface area contributed by atoms with Crippen molar-refractivity contribution in [2.45, 2.75) is 19.4 Å². The standard InChI is InChI=1S/C10H18N2O/c1-4-5-12-8(2)9(7-11-3)6-10(12)13/h4,8-9,11H,1,5-7H2,2-3H3. The summed E-state index contributed by atoms with van der Waals surface area (Å²) in [5.74, 6) is 0.713. The van der Waals surface area contributed by atoms with Crippen molar-refractivity contribution >= 4 is 5.91 Å². The molecule has 1 fully saturated rings. The minimum absolute atomic E-state index is 0.257. The molecule has 1 aliphatic heterocycles. The smallest absolute Gasteiger partial charge is 0.223 e. The lowest BCUT2D eigenvalue weighted by Crippen LogP contribution is -2.35. The van der Waals surface area contributed by atoms with Gasteiger partial charge < -0.3 is 10.2 Å². The average Bonchev–Trinajstić information content (AvgIpc) is 2.34. The summed E-state index contributed by atoms with van der Waals surface area (Å²) < 4.78 is 0. The van der Waals surface area contributed by atoms with Crippen molar-refractivity contribution in [2.24, 2.45) is 5.92 Å². The monoisotopic (exact) mass is 182 g/mol. The Bertz CT molecular complexity index is 203.